The predicted octanol–water partition coefficient (Wildman–Crippen LogP) is 2.81. The summed E-state index contributed by atoms with van der Waals surface area (Å²) in [5.74, 6) is 1.06. The Morgan fingerprint density at radius 3 is 2.71 bits per heavy atom. The van der Waals surface area contributed by atoms with E-state index in [0.29, 0.717) is 11.8 Å². The van der Waals surface area contributed by atoms with Crippen molar-refractivity contribution in [1.29, 1.82) is 0 Å². The first kappa shape index (κ1) is 15.6. The molecule has 1 saturated carbocycles. The summed E-state index contributed by atoms with van der Waals surface area (Å²) in [5, 5.41) is 23.6. The molecule has 2 rings (SSSR count). The zero-order valence-corrected chi connectivity index (χ0v) is 12.2. The van der Waals surface area contributed by atoms with Gasteiger partial charge in [0.2, 0.25) is 0 Å². The van der Waals surface area contributed by atoms with Crippen molar-refractivity contribution in [3.63, 3.8) is 0 Å². The Morgan fingerprint density at radius 2 is 2.10 bits per heavy atom. The number of hydrogen-bond donors (Lipinski definition) is 2. The van der Waals surface area contributed by atoms with Crippen LogP contribution in [0.2, 0.25) is 0 Å². The highest BCUT2D eigenvalue weighted by atomic mass is 16.6. The molecule has 1 aliphatic carbocycles. The van der Waals surface area contributed by atoms with Crippen molar-refractivity contribution in [2.24, 2.45) is 11.8 Å². The molecule has 2 atom stereocenters. The Bertz CT molecular complexity index is 493. The second-order valence-corrected chi connectivity index (χ2v) is 5.51. The van der Waals surface area contributed by atoms with Crippen molar-refractivity contribution >= 4 is 11.4 Å². The van der Waals surface area contributed by atoms with E-state index in [2.05, 4.69) is 5.32 Å². The Morgan fingerprint density at radius 1 is 1.38 bits per heavy atom. The third-order valence-electron chi connectivity index (χ3n) is 4.25. The zero-order valence-electron chi connectivity index (χ0n) is 12.2. The molecule has 1 aromatic rings. The summed E-state index contributed by atoms with van der Waals surface area (Å²) in [6.07, 6.45) is 4.58. The SMILES string of the molecule is COc1cc(NCC2CCCCC2CO)ccc1[N+](=O)[O-]. The summed E-state index contributed by atoms with van der Waals surface area (Å²) in [6.45, 7) is 1.00. The van der Waals surface area contributed by atoms with Gasteiger partial charge in [0.25, 0.3) is 0 Å². The molecule has 0 radical (unpaired) electrons. The van der Waals surface area contributed by atoms with Gasteiger partial charge in [0.1, 0.15) is 0 Å². The molecule has 0 spiro atoms. The monoisotopic (exact) mass is 294 g/mol. The van der Waals surface area contributed by atoms with Crippen LogP contribution in [0.25, 0.3) is 0 Å². The van der Waals surface area contributed by atoms with Crippen LogP contribution < -0.4 is 10.1 Å². The first-order chi connectivity index (χ1) is 10.2. The van der Waals surface area contributed by atoms with Crippen LogP contribution in [0.1, 0.15) is 25.7 Å². The molecular weight excluding hydrogens is 272 g/mol. The quantitative estimate of drug-likeness (QED) is 0.622. The maximum Gasteiger partial charge on any atom is 0.311 e. The maximum absolute atomic E-state index is 10.9. The Balaban J connectivity index is 2.01. The van der Waals surface area contributed by atoms with Crippen LogP contribution in [-0.2, 0) is 0 Å². The summed E-state index contributed by atoms with van der Waals surface area (Å²) < 4.78 is 5.06. The number of hydrogen-bond acceptors (Lipinski definition) is 5. The topological polar surface area (TPSA) is 84.6 Å². The Kier molecular flexibility index (Phi) is 5.38. The van der Waals surface area contributed by atoms with E-state index in [0.717, 1.165) is 25.1 Å². The number of nitro benzene ring substituents is 1. The van der Waals surface area contributed by atoms with Gasteiger partial charge in [0.05, 0.1) is 12.0 Å². The molecule has 116 valence electrons. The number of nitro groups is 1. The third-order valence-corrected chi connectivity index (χ3v) is 4.25. The van der Waals surface area contributed by atoms with Gasteiger partial charge in [-0.2, -0.15) is 0 Å². The van der Waals surface area contributed by atoms with E-state index in [1.165, 1.54) is 26.0 Å². The van der Waals surface area contributed by atoms with Gasteiger partial charge < -0.3 is 15.2 Å². The van der Waals surface area contributed by atoms with Crippen molar-refractivity contribution in [2.45, 2.75) is 25.7 Å². The lowest BCUT2D eigenvalue weighted by molar-refractivity contribution is -0.385. The van der Waals surface area contributed by atoms with Crippen LogP contribution in [0.15, 0.2) is 18.2 Å². The van der Waals surface area contributed by atoms with Gasteiger partial charge in [0.15, 0.2) is 5.75 Å². The van der Waals surface area contributed by atoms with Crippen LogP contribution >= 0.6 is 0 Å². The fourth-order valence-corrected chi connectivity index (χ4v) is 2.98. The number of aliphatic hydroxyl groups is 1. The first-order valence-electron chi connectivity index (χ1n) is 7.33. The molecule has 1 fully saturated rings. The Labute approximate surface area is 124 Å². The molecule has 2 unspecified atom stereocenters. The predicted molar refractivity (Wildman–Crippen MR) is 80.7 cm³/mol. The second kappa shape index (κ2) is 7.26. The summed E-state index contributed by atoms with van der Waals surface area (Å²) in [5.41, 5.74) is 0.772. The van der Waals surface area contributed by atoms with Gasteiger partial charge in [-0.1, -0.05) is 12.8 Å². The van der Waals surface area contributed by atoms with Gasteiger partial charge in [-0.15, -0.1) is 0 Å². The number of rotatable bonds is 6. The highest BCUT2D eigenvalue weighted by Gasteiger charge is 2.24. The van der Waals surface area contributed by atoms with Crippen molar-refractivity contribution < 1.29 is 14.8 Å². The number of nitrogens with one attached hydrogen (secondary N) is 1. The highest BCUT2D eigenvalue weighted by Crippen LogP contribution is 2.32. The lowest BCUT2D eigenvalue weighted by atomic mass is 9.79. The Hall–Kier alpha value is -1.82. The molecule has 6 nitrogen and oxygen atoms in total. The molecule has 21 heavy (non-hydrogen) atoms. The minimum absolute atomic E-state index is 0.0334. The van der Waals surface area contributed by atoms with E-state index in [4.69, 9.17) is 4.74 Å². The van der Waals surface area contributed by atoms with E-state index < -0.39 is 4.92 Å². The number of aliphatic hydroxyl groups excluding tert-OH is 1. The van der Waals surface area contributed by atoms with Crippen molar-refractivity contribution in [3.05, 3.63) is 28.3 Å². The summed E-state index contributed by atoms with van der Waals surface area (Å²) in [4.78, 5) is 10.4. The number of benzene rings is 1. The second-order valence-electron chi connectivity index (χ2n) is 5.51. The summed E-state index contributed by atoms with van der Waals surface area (Å²) in [7, 11) is 1.43. The number of anilines is 1. The summed E-state index contributed by atoms with van der Waals surface area (Å²) >= 11 is 0. The first-order valence-corrected chi connectivity index (χ1v) is 7.33. The number of nitrogens with zero attached hydrogens (tertiary/aromatic N) is 1. The molecule has 0 bridgehead atoms. The van der Waals surface area contributed by atoms with E-state index >= 15 is 0 Å². The van der Waals surface area contributed by atoms with Gasteiger partial charge in [0, 0.05) is 31.0 Å². The zero-order chi connectivity index (χ0) is 15.2. The molecule has 1 aromatic carbocycles. The lowest BCUT2D eigenvalue weighted by Gasteiger charge is -2.30. The minimum atomic E-state index is -0.453. The molecule has 6 heteroatoms. The largest absolute Gasteiger partial charge is 0.490 e. The average Bonchev–Trinajstić information content (AvgIpc) is 2.52. The highest BCUT2D eigenvalue weighted by molar-refractivity contribution is 5.57. The molecule has 2 N–H and O–H groups in total. The molecule has 1 aliphatic rings. The molecular formula is C15H22N2O4. The van der Waals surface area contributed by atoms with E-state index in [-0.39, 0.29) is 18.0 Å². The van der Waals surface area contributed by atoms with Gasteiger partial charge in [-0.3, -0.25) is 10.1 Å². The van der Waals surface area contributed by atoms with E-state index in [1.807, 2.05) is 0 Å². The fraction of sp³-hybridized carbons (Fsp3) is 0.600. The van der Waals surface area contributed by atoms with Crippen molar-refractivity contribution in [2.75, 3.05) is 25.6 Å². The smallest absolute Gasteiger partial charge is 0.311 e. The van der Waals surface area contributed by atoms with Crippen molar-refractivity contribution in [3.8, 4) is 5.75 Å². The van der Waals surface area contributed by atoms with Crippen LogP contribution in [0.5, 0.6) is 5.75 Å². The van der Waals surface area contributed by atoms with Gasteiger partial charge >= 0.3 is 5.69 Å². The van der Waals surface area contributed by atoms with Crippen LogP contribution in [-0.4, -0.2) is 30.3 Å². The van der Waals surface area contributed by atoms with Gasteiger partial charge in [-0.05, 0) is 30.7 Å². The van der Waals surface area contributed by atoms with E-state index in [9.17, 15) is 15.2 Å². The van der Waals surface area contributed by atoms with E-state index in [1.54, 1.807) is 12.1 Å². The maximum atomic E-state index is 10.9. The van der Waals surface area contributed by atoms with Crippen LogP contribution in [0, 0.1) is 22.0 Å². The molecule has 0 amide bonds. The number of methoxy groups -OCH3 is 1. The fourth-order valence-electron chi connectivity index (χ4n) is 2.98. The normalized spacial score (nSPS) is 21.8. The third kappa shape index (κ3) is 3.85. The van der Waals surface area contributed by atoms with Gasteiger partial charge in [-0.25, -0.2) is 0 Å². The van der Waals surface area contributed by atoms with Crippen LogP contribution in [0.3, 0.4) is 0 Å². The van der Waals surface area contributed by atoms with Crippen molar-refractivity contribution in [1.82, 2.24) is 0 Å². The summed E-state index contributed by atoms with van der Waals surface area (Å²) in [6, 6.07) is 4.79. The average molecular weight is 294 g/mol. The molecule has 0 saturated heterocycles. The lowest BCUT2D eigenvalue weighted by Crippen LogP contribution is -2.28. The minimum Gasteiger partial charge on any atom is -0.490 e. The molecule has 0 aromatic heterocycles. The van der Waals surface area contributed by atoms with Crippen LogP contribution in [0.4, 0.5) is 11.4 Å². The molecule has 0 aliphatic heterocycles. The number of ether oxygens (including phenoxy) is 1. The standard InChI is InChI=1S/C15H22N2O4/c1-21-15-8-13(6-7-14(15)17(19)20)16-9-11-4-2-3-5-12(11)10-18/h6-8,11-12,16,18H,2-5,9-10H2,1H3. The molecule has 0 heterocycles.